The second-order valence-electron chi connectivity index (χ2n) is 5.29. The average molecular weight is 272 g/mol. The van der Waals surface area contributed by atoms with Gasteiger partial charge in [0.1, 0.15) is 5.54 Å². The van der Waals surface area contributed by atoms with Crippen molar-refractivity contribution in [3.05, 3.63) is 0 Å². The largest absolute Gasteiger partial charge is 0.480 e. The molecule has 3 N–H and O–H groups in total. The summed E-state index contributed by atoms with van der Waals surface area (Å²) >= 11 is 1.79. The molecule has 0 aromatic heterocycles. The number of hydrogen-bond donors (Lipinski definition) is 3. The normalized spacial score (nSPS) is 23.4. The number of amides is 2. The Morgan fingerprint density at radius 3 is 2.17 bits per heavy atom. The van der Waals surface area contributed by atoms with Crippen molar-refractivity contribution >= 4 is 23.8 Å². The lowest BCUT2D eigenvalue weighted by molar-refractivity contribution is -0.148. The number of carboxylic acid groups (broad SMARTS) is 1. The average Bonchev–Trinajstić information content (AvgIpc) is 2.22. The predicted molar refractivity (Wildman–Crippen MR) is 70.8 cm³/mol. The quantitative estimate of drug-likeness (QED) is 0.710. The Balaban J connectivity index is 1.80. The Labute approximate surface area is 111 Å². The van der Waals surface area contributed by atoms with Gasteiger partial charge in [-0.1, -0.05) is 6.42 Å². The third-order valence-corrected chi connectivity index (χ3v) is 5.66. The first-order valence-electron chi connectivity index (χ1n) is 6.37. The van der Waals surface area contributed by atoms with Crippen molar-refractivity contribution in [2.24, 2.45) is 0 Å². The van der Waals surface area contributed by atoms with Crippen LogP contribution in [-0.4, -0.2) is 40.2 Å². The minimum absolute atomic E-state index is 0.174. The van der Waals surface area contributed by atoms with Crippen LogP contribution in [0.15, 0.2) is 0 Å². The summed E-state index contributed by atoms with van der Waals surface area (Å²) in [5.74, 6) is -0.924. The van der Waals surface area contributed by atoms with Crippen LogP contribution in [0.4, 0.5) is 4.79 Å². The van der Waals surface area contributed by atoms with E-state index in [9.17, 15) is 9.59 Å². The topological polar surface area (TPSA) is 78.4 Å². The number of aliphatic carboxylic acids is 1. The van der Waals surface area contributed by atoms with E-state index in [0.29, 0.717) is 19.4 Å². The van der Waals surface area contributed by atoms with Crippen LogP contribution in [-0.2, 0) is 4.79 Å². The molecule has 0 aromatic carbocycles. The van der Waals surface area contributed by atoms with Crippen LogP contribution in [0.5, 0.6) is 0 Å². The molecule has 0 radical (unpaired) electrons. The van der Waals surface area contributed by atoms with E-state index in [-0.39, 0.29) is 10.8 Å². The van der Waals surface area contributed by atoms with E-state index >= 15 is 0 Å². The zero-order chi connectivity index (χ0) is 13.2. The molecule has 2 fully saturated rings. The standard InChI is InChI=1S/C12H20N2O3S/c1-18-11(4-2-5-11)8-13-10(17)14-12(9(15)16)6-3-7-12/h2-8H2,1H3,(H,15,16)(H2,13,14,17). The Hall–Kier alpha value is -0.910. The third kappa shape index (κ3) is 2.43. The molecule has 2 saturated carbocycles. The van der Waals surface area contributed by atoms with E-state index in [1.54, 1.807) is 11.8 Å². The minimum Gasteiger partial charge on any atom is -0.480 e. The summed E-state index contributed by atoms with van der Waals surface area (Å²) in [7, 11) is 0. The van der Waals surface area contributed by atoms with Gasteiger partial charge in [0, 0.05) is 11.3 Å². The highest BCUT2D eigenvalue weighted by Crippen LogP contribution is 2.42. The highest BCUT2D eigenvalue weighted by Gasteiger charge is 2.46. The van der Waals surface area contributed by atoms with E-state index in [1.807, 2.05) is 0 Å². The van der Waals surface area contributed by atoms with Crippen molar-refractivity contribution < 1.29 is 14.7 Å². The lowest BCUT2D eigenvalue weighted by Gasteiger charge is -2.41. The van der Waals surface area contributed by atoms with Crippen molar-refractivity contribution in [3.63, 3.8) is 0 Å². The molecule has 2 aliphatic carbocycles. The zero-order valence-electron chi connectivity index (χ0n) is 10.6. The maximum absolute atomic E-state index is 11.8. The molecule has 102 valence electrons. The first kappa shape index (κ1) is 13.5. The molecule has 2 aliphatic rings. The second kappa shape index (κ2) is 4.99. The van der Waals surface area contributed by atoms with Gasteiger partial charge in [0.25, 0.3) is 0 Å². The molecular formula is C12H20N2O3S. The number of carboxylic acids is 1. The first-order valence-corrected chi connectivity index (χ1v) is 7.59. The van der Waals surface area contributed by atoms with Crippen molar-refractivity contribution in [2.45, 2.75) is 48.8 Å². The fourth-order valence-corrected chi connectivity index (χ4v) is 3.36. The van der Waals surface area contributed by atoms with Crippen LogP contribution in [0.3, 0.4) is 0 Å². The molecule has 0 unspecified atom stereocenters. The van der Waals surface area contributed by atoms with Gasteiger partial charge in [-0.05, 0) is 38.4 Å². The van der Waals surface area contributed by atoms with Gasteiger partial charge in [-0.15, -0.1) is 0 Å². The van der Waals surface area contributed by atoms with Crippen molar-refractivity contribution in [2.75, 3.05) is 12.8 Å². The molecule has 0 spiro atoms. The Kier molecular flexibility index (Phi) is 3.75. The number of urea groups is 1. The predicted octanol–water partition coefficient (Wildman–Crippen LogP) is 1.58. The second-order valence-corrected chi connectivity index (χ2v) is 6.56. The fraction of sp³-hybridized carbons (Fsp3) is 0.833. The van der Waals surface area contributed by atoms with Gasteiger partial charge in [0.05, 0.1) is 0 Å². The minimum atomic E-state index is -1.02. The van der Waals surface area contributed by atoms with E-state index < -0.39 is 11.5 Å². The molecule has 6 heteroatoms. The van der Waals surface area contributed by atoms with E-state index in [4.69, 9.17) is 5.11 Å². The summed E-state index contributed by atoms with van der Waals surface area (Å²) in [6, 6.07) is -0.350. The highest BCUT2D eigenvalue weighted by molar-refractivity contribution is 8.00. The highest BCUT2D eigenvalue weighted by atomic mass is 32.2. The molecule has 2 rings (SSSR count). The lowest BCUT2D eigenvalue weighted by atomic mass is 9.77. The summed E-state index contributed by atoms with van der Waals surface area (Å²) in [5, 5.41) is 14.6. The van der Waals surface area contributed by atoms with Gasteiger partial charge in [0.15, 0.2) is 0 Å². The maximum Gasteiger partial charge on any atom is 0.329 e. The summed E-state index contributed by atoms with van der Waals surface area (Å²) in [6.45, 7) is 0.621. The number of nitrogens with one attached hydrogen (secondary N) is 2. The molecule has 0 atom stereocenters. The van der Waals surface area contributed by atoms with Gasteiger partial charge in [-0.3, -0.25) is 0 Å². The van der Waals surface area contributed by atoms with Crippen molar-refractivity contribution in [1.82, 2.24) is 10.6 Å². The molecule has 0 aromatic rings. The molecule has 0 heterocycles. The molecule has 2 amide bonds. The number of carbonyl (C=O) groups excluding carboxylic acids is 1. The molecule has 0 bridgehead atoms. The van der Waals surface area contributed by atoms with Crippen molar-refractivity contribution in [3.8, 4) is 0 Å². The Morgan fingerprint density at radius 1 is 1.22 bits per heavy atom. The van der Waals surface area contributed by atoms with Crippen LogP contribution in [0.1, 0.15) is 38.5 Å². The van der Waals surface area contributed by atoms with Gasteiger partial charge >= 0.3 is 12.0 Å². The summed E-state index contributed by atoms with van der Waals surface area (Å²) in [5.41, 5.74) is -1.02. The molecule has 5 nitrogen and oxygen atoms in total. The van der Waals surface area contributed by atoms with E-state index in [1.165, 1.54) is 6.42 Å². The van der Waals surface area contributed by atoms with Crippen LogP contribution in [0.2, 0.25) is 0 Å². The van der Waals surface area contributed by atoms with Crippen LogP contribution in [0, 0.1) is 0 Å². The van der Waals surface area contributed by atoms with Crippen LogP contribution < -0.4 is 10.6 Å². The van der Waals surface area contributed by atoms with Crippen LogP contribution in [0.25, 0.3) is 0 Å². The van der Waals surface area contributed by atoms with Gasteiger partial charge in [-0.25, -0.2) is 9.59 Å². The van der Waals surface area contributed by atoms with Gasteiger partial charge in [-0.2, -0.15) is 11.8 Å². The van der Waals surface area contributed by atoms with Crippen molar-refractivity contribution in [1.29, 1.82) is 0 Å². The molecular weight excluding hydrogens is 252 g/mol. The Bertz CT molecular complexity index is 346. The Morgan fingerprint density at radius 2 is 1.83 bits per heavy atom. The third-order valence-electron chi connectivity index (χ3n) is 4.24. The summed E-state index contributed by atoms with van der Waals surface area (Å²) in [4.78, 5) is 22.9. The number of hydrogen-bond acceptors (Lipinski definition) is 3. The monoisotopic (exact) mass is 272 g/mol. The molecule has 18 heavy (non-hydrogen) atoms. The molecule has 0 saturated heterocycles. The number of carbonyl (C=O) groups is 2. The SMILES string of the molecule is CSC1(CNC(=O)NC2(C(=O)O)CCC2)CCC1. The lowest BCUT2D eigenvalue weighted by Crippen LogP contribution is -2.62. The van der Waals surface area contributed by atoms with E-state index in [0.717, 1.165) is 19.3 Å². The molecule has 0 aliphatic heterocycles. The number of thioether (sulfide) groups is 1. The summed E-state index contributed by atoms with van der Waals surface area (Å²) in [6.07, 6.45) is 7.44. The zero-order valence-corrected chi connectivity index (χ0v) is 11.4. The smallest absolute Gasteiger partial charge is 0.329 e. The number of rotatable bonds is 5. The maximum atomic E-state index is 11.8. The van der Waals surface area contributed by atoms with Gasteiger partial charge < -0.3 is 15.7 Å². The van der Waals surface area contributed by atoms with Crippen LogP contribution >= 0.6 is 11.8 Å². The first-order chi connectivity index (χ1) is 8.52. The summed E-state index contributed by atoms with van der Waals surface area (Å²) < 4.78 is 0.174. The van der Waals surface area contributed by atoms with Gasteiger partial charge in [0.2, 0.25) is 0 Å². The van der Waals surface area contributed by atoms with E-state index in [2.05, 4.69) is 16.9 Å². The fourth-order valence-electron chi connectivity index (χ4n) is 2.45.